The van der Waals surface area contributed by atoms with Crippen LogP contribution in [-0.2, 0) is 22.0 Å². The molecule has 2 aromatic rings. The van der Waals surface area contributed by atoms with Crippen LogP contribution < -0.4 is 10.5 Å². The SMILES string of the molecule is Cc1c(S(N)(=O)=O)cc(-c2cc(C(=O)NC(C)(C)C)cc(C(C)(C)C)c2)n1CC1CCCCC1. The fourth-order valence-corrected chi connectivity index (χ4v) is 5.56. The Bertz CT molecular complexity index is 1160. The highest BCUT2D eigenvalue weighted by atomic mass is 32.2. The third-order valence-electron chi connectivity index (χ3n) is 6.64. The van der Waals surface area contributed by atoms with Crippen molar-refractivity contribution >= 4 is 15.9 Å². The van der Waals surface area contributed by atoms with Gasteiger partial charge in [-0.1, -0.05) is 40.0 Å². The predicted octanol–water partition coefficient (Wildman–Crippen LogP) is 5.52. The number of hydrogen-bond acceptors (Lipinski definition) is 3. The van der Waals surface area contributed by atoms with Crippen LogP contribution in [0.25, 0.3) is 11.3 Å². The molecule has 0 spiro atoms. The van der Waals surface area contributed by atoms with Crippen LogP contribution >= 0.6 is 0 Å². The molecule has 3 rings (SSSR count). The summed E-state index contributed by atoms with van der Waals surface area (Å²) in [5, 5.41) is 8.64. The number of nitrogens with two attached hydrogens (primary N) is 1. The van der Waals surface area contributed by atoms with Gasteiger partial charge in [0.15, 0.2) is 0 Å². The highest BCUT2D eigenvalue weighted by molar-refractivity contribution is 7.89. The second-order valence-corrected chi connectivity index (χ2v) is 13.4. The molecular weight excluding hydrogens is 446 g/mol. The average molecular weight is 488 g/mol. The third-order valence-corrected chi connectivity index (χ3v) is 7.66. The lowest BCUT2D eigenvalue weighted by atomic mass is 9.84. The summed E-state index contributed by atoms with van der Waals surface area (Å²) in [4.78, 5) is 13.3. The summed E-state index contributed by atoms with van der Waals surface area (Å²) in [6.45, 7) is 14.8. The standard InChI is InChI=1S/C27H41N3O3S/c1-18-24(34(28,32)33)16-23(30(18)17-19-11-9-8-10-12-19)20-13-21(25(31)29-27(5,6)7)15-22(14-20)26(2,3)4/h13-16,19H,8-12,17H2,1-7H3,(H,29,31)(H2,28,32,33). The van der Waals surface area contributed by atoms with Crippen molar-refractivity contribution < 1.29 is 13.2 Å². The molecule has 0 unspecified atom stereocenters. The molecule has 1 aromatic heterocycles. The van der Waals surface area contributed by atoms with Crippen molar-refractivity contribution in [3.8, 4) is 11.3 Å². The number of carbonyl (C=O) groups excluding carboxylic acids is 1. The van der Waals surface area contributed by atoms with Crippen molar-refractivity contribution in [1.29, 1.82) is 0 Å². The molecule has 7 heteroatoms. The lowest BCUT2D eigenvalue weighted by Gasteiger charge is -2.26. The second kappa shape index (κ2) is 9.50. The van der Waals surface area contributed by atoms with E-state index < -0.39 is 10.0 Å². The molecular formula is C27H41N3O3S. The quantitative estimate of drug-likeness (QED) is 0.582. The number of primary sulfonamides is 1. The Labute approximate surface area is 205 Å². The van der Waals surface area contributed by atoms with Crippen LogP contribution in [0, 0.1) is 12.8 Å². The average Bonchev–Trinajstić information content (AvgIpc) is 3.03. The van der Waals surface area contributed by atoms with Crippen LogP contribution in [0.15, 0.2) is 29.2 Å². The van der Waals surface area contributed by atoms with Crippen LogP contribution in [-0.4, -0.2) is 24.4 Å². The summed E-state index contributed by atoms with van der Waals surface area (Å²) >= 11 is 0. The van der Waals surface area contributed by atoms with Gasteiger partial charge >= 0.3 is 0 Å². The smallest absolute Gasteiger partial charge is 0.251 e. The first-order chi connectivity index (χ1) is 15.6. The number of benzene rings is 1. The topological polar surface area (TPSA) is 94.2 Å². The van der Waals surface area contributed by atoms with E-state index in [1.165, 1.54) is 19.3 Å². The Morgan fingerprint density at radius 2 is 1.65 bits per heavy atom. The molecule has 1 aliphatic carbocycles. The van der Waals surface area contributed by atoms with Gasteiger partial charge in [0.2, 0.25) is 10.0 Å². The number of carbonyl (C=O) groups is 1. The van der Waals surface area contributed by atoms with Crippen molar-refractivity contribution in [3.63, 3.8) is 0 Å². The van der Waals surface area contributed by atoms with E-state index in [0.717, 1.165) is 36.2 Å². The van der Waals surface area contributed by atoms with E-state index in [4.69, 9.17) is 5.14 Å². The summed E-state index contributed by atoms with van der Waals surface area (Å²) in [6.07, 6.45) is 5.96. The highest BCUT2D eigenvalue weighted by Crippen LogP contribution is 2.35. The highest BCUT2D eigenvalue weighted by Gasteiger charge is 2.26. The monoisotopic (exact) mass is 487 g/mol. The third kappa shape index (κ3) is 6.30. The molecule has 1 amide bonds. The zero-order chi connectivity index (χ0) is 25.5. The molecule has 1 aromatic carbocycles. The number of aromatic nitrogens is 1. The predicted molar refractivity (Wildman–Crippen MR) is 138 cm³/mol. The largest absolute Gasteiger partial charge is 0.347 e. The molecule has 6 nitrogen and oxygen atoms in total. The summed E-state index contributed by atoms with van der Waals surface area (Å²) in [5.41, 5.74) is 3.31. The number of nitrogens with zero attached hydrogens (tertiary/aromatic N) is 1. The van der Waals surface area contributed by atoms with E-state index in [0.29, 0.717) is 17.2 Å². The molecule has 34 heavy (non-hydrogen) atoms. The minimum absolute atomic E-state index is 0.145. The molecule has 188 valence electrons. The Morgan fingerprint density at radius 1 is 1.03 bits per heavy atom. The number of amides is 1. The zero-order valence-electron chi connectivity index (χ0n) is 21.8. The molecule has 1 aliphatic rings. The zero-order valence-corrected chi connectivity index (χ0v) is 22.6. The first-order valence-electron chi connectivity index (χ1n) is 12.3. The Hall–Kier alpha value is -2.12. The molecule has 0 atom stereocenters. The van der Waals surface area contributed by atoms with Crippen LogP contribution in [0.3, 0.4) is 0 Å². The van der Waals surface area contributed by atoms with Gasteiger partial charge in [-0.25, -0.2) is 13.6 Å². The number of hydrogen-bond donors (Lipinski definition) is 2. The summed E-state index contributed by atoms with van der Waals surface area (Å²) in [7, 11) is -3.87. The molecule has 0 saturated heterocycles. The molecule has 1 heterocycles. The van der Waals surface area contributed by atoms with Gasteiger partial charge in [0.25, 0.3) is 5.91 Å². The van der Waals surface area contributed by atoms with Crippen molar-refractivity contribution in [2.24, 2.45) is 11.1 Å². The lowest BCUT2D eigenvalue weighted by Crippen LogP contribution is -2.40. The molecule has 1 fully saturated rings. The molecule has 0 aliphatic heterocycles. The Morgan fingerprint density at radius 3 is 2.18 bits per heavy atom. The van der Waals surface area contributed by atoms with Gasteiger partial charge in [0.1, 0.15) is 4.90 Å². The number of nitrogens with one attached hydrogen (secondary N) is 1. The summed E-state index contributed by atoms with van der Waals surface area (Å²) in [6, 6.07) is 7.56. The molecule has 0 bridgehead atoms. The van der Waals surface area contributed by atoms with Crippen LogP contribution in [0.5, 0.6) is 0 Å². The Balaban J connectivity index is 2.20. The Kier molecular flexibility index (Phi) is 7.40. The first-order valence-corrected chi connectivity index (χ1v) is 13.8. The van der Waals surface area contributed by atoms with Crippen molar-refractivity contribution in [3.05, 3.63) is 41.1 Å². The summed E-state index contributed by atoms with van der Waals surface area (Å²) < 4.78 is 26.9. The van der Waals surface area contributed by atoms with Crippen molar-refractivity contribution in [2.45, 2.75) is 103 Å². The minimum atomic E-state index is -3.87. The van der Waals surface area contributed by atoms with E-state index >= 15 is 0 Å². The molecule has 3 N–H and O–H groups in total. The normalized spacial score (nSPS) is 16.0. The van der Waals surface area contributed by atoms with Crippen molar-refractivity contribution in [2.75, 3.05) is 0 Å². The van der Waals surface area contributed by atoms with E-state index in [1.54, 1.807) is 6.07 Å². The second-order valence-electron chi connectivity index (χ2n) is 11.9. The number of sulfonamides is 1. The van der Waals surface area contributed by atoms with E-state index in [9.17, 15) is 13.2 Å². The van der Waals surface area contributed by atoms with E-state index in [1.807, 2.05) is 39.8 Å². The maximum atomic E-state index is 13.1. The fourth-order valence-electron chi connectivity index (χ4n) is 4.76. The van der Waals surface area contributed by atoms with Gasteiger partial charge < -0.3 is 9.88 Å². The molecule has 1 saturated carbocycles. The maximum absolute atomic E-state index is 13.1. The molecule has 0 radical (unpaired) electrons. The summed E-state index contributed by atoms with van der Waals surface area (Å²) in [5.74, 6) is 0.356. The van der Waals surface area contributed by atoms with E-state index in [-0.39, 0.29) is 21.8 Å². The van der Waals surface area contributed by atoms with Gasteiger partial charge in [0, 0.05) is 29.0 Å². The van der Waals surface area contributed by atoms with E-state index in [2.05, 4.69) is 36.7 Å². The van der Waals surface area contributed by atoms with Gasteiger partial charge in [-0.3, -0.25) is 4.79 Å². The van der Waals surface area contributed by atoms with Crippen LogP contribution in [0.1, 0.15) is 95.3 Å². The fraction of sp³-hybridized carbons (Fsp3) is 0.593. The maximum Gasteiger partial charge on any atom is 0.251 e. The minimum Gasteiger partial charge on any atom is -0.347 e. The lowest BCUT2D eigenvalue weighted by molar-refractivity contribution is 0.0919. The van der Waals surface area contributed by atoms with Gasteiger partial charge in [-0.05, 0) is 87.3 Å². The van der Waals surface area contributed by atoms with Crippen molar-refractivity contribution in [1.82, 2.24) is 9.88 Å². The van der Waals surface area contributed by atoms with Crippen LogP contribution in [0.4, 0.5) is 0 Å². The van der Waals surface area contributed by atoms with Crippen LogP contribution in [0.2, 0.25) is 0 Å². The first kappa shape index (κ1) is 26.5. The van der Waals surface area contributed by atoms with Gasteiger partial charge in [-0.15, -0.1) is 0 Å². The van der Waals surface area contributed by atoms with Gasteiger partial charge in [0.05, 0.1) is 0 Å². The van der Waals surface area contributed by atoms with Gasteiger partial charge in [-0.2, -0.15) is 0 Å². The number of rotatable bonds is 5.